The molecular formula is C12H10O3. The summed E-state index contributed by atoms with van der Waals surface area (Å²) in [6, 6.07) is 6.75. The molecule has 0 heterocycles. The van der Waals surface area contributed by atoms with Crippen molar-refractivity contribution in [3.63, 3.8) is 0 Å². The Hall–Kier alpha value is -2.08. The zero-order chi connectivity index (χ0) is 11.3. The molecule has 0 aliphatic carbocycles. The summed E-state index contributed by atoms with van der Waals surface area (Å²) in [6.45, 7) is 1.49. The van der Waals surface area contributed by atoms with Gasteiger partial charge >= 0.3 is 5.97 Å². The highest BCUT2D eigenvalue weighted by Crippen LogP contribution is 2.03. The maximum Gasteiger partial charge on any atom is 0.315 e. The Morgan fingerprint density at radius 2 is 1.87 bits per heavy atom. The highest BCUT2D eigenvalue weighted by Gasteiger charge is 1.96. The van der Waals surface area contributed by atoms with E-state index in [1.54, 1.807) is 24.3 Å². The highest BCUT2D eigenvalue weighted by atomic mass is 16.4. The van der Waals surface area contributed by atoms with E-state index in [1.165, 1.54) is 6.92 Å². The van der Waals surface area contributed by atoms with Gasteiger partial charge in [0, 0.05) is 11.1 Å². The van der Waals surface area contributed by atoms with Crippen LogP contribution in [0.5, 0.6) is 0 Å². The van der Waals surface area contributed by atoms with E-state index < -0.39 is 5.97 Å². The molecule has 1 aromatic carbocycles. The first kappa shape index (κ1) is 11.0. The van der Waals surface area contributed by atoms with E-state index in [-0.39, 0.29) is 12.2 Å². The summed E-state index contributed by atoms with van der Waals surface area (Å²) >= 11 is 0. The molecule has 1 rings (SSSR count). The normalized spacial score (nSPS) is 8.87. The number of aliphatic carboxylic acids is 1. The van der Waals surface area contributed by atoms with Crippen LogP contribution in [-0.4, -0.2) is 16.9 Å². The average molecular weight is 202 g/mol. The summed E-state index contributed by atoms with van der Waals surface area (Å²) in [5, 5.41) is 8.36. The summed E-state index contributed by atoms with van der Waals surface area (Å²) in [7, 11) is 0. The van der Waals surface area contributed by atoms with Crippen molar-refractivity contribution >= 4 is 11.8 Å². The molecule has 0 saturated heterocycles. The standard InChI is InChI=1S/C12H10O3/c1-9(13)11-7-5-10(6-8-11)3-2-4-12(14)15/h5-8H,4H2,1H3,(H,14,15). The van der Waals surface area contributed by atoms with Crippen molar-refractivity contribution in [1.82, 2.24) is 0 Å². The molecule has 0 bridgehead atoms. The van der Waals surface area contributed by atoms with E-state index in [0.29, 0.717) is 11.1 Å². The Kier molecular flexibility index (Phi) is 3.64. The van der Waals surface area contributed by atoms with Gasteiger partial charge in [0.15, 0.2) is 5.78 Å². The quantitative estimate of drug-likeness (QED) is 0.586. The van der Waals surface area contributed by atoms with Crippen LogP contribution >= 0.6 is 0 Å². The molecule has 0 aliphatic rings. The lowest BCUT2D eigenvalue weighted by Crippen LogP contribution is -1.91. The van der Waals surface area contributed by atoms with Crippen LogP contribution in [0, 0.1) is 11.8 Å². The fourth-order valence-corrected chi connectivity index (χ4v) is 1.01. The van der Waals surface area contributed by atoms with Crippen molar-refractivity contribution in [3.05, 3.63) is 35.4 Å². The molecule has 0 unspecified atom stereocenters. The molecule has 0 amide bonds. The van der Waals surface area contributed by atoms with Crippen LogP contribution in [0.2, 0.25) is 0 Å². The van der Waals surface area contributed by atoms with Gasteiger partial charge in [0.2, 0.25) is 0 Å². The van der Waals surface area contributed by atoms with E-state index in [0.717, 1.165) is 0 Å². The van der Waals surface area contributed by atoms with Gasteiger partial charge in [-0.1, -0.05) is 24.0 Å². The summed E-state index contributed by atoms with van der Waals surface area (Å²) in [5.74, 6) is 4.27. The molecule has 0 aliphatic heterocycles. The van der Waals surface area contributed by atoms with Gasteiger partial charge in [-0.15, -0.1) is 0 Å². The Balaban J connectivity index is 2.75. The summed E-state index contributed by atoms with van der Waals surface area (Å²) in [4.78, 5) is 21.1. The Morgan fingerprint density at radius 3 is 2.33 bits per heavy atom. The minimum absolute atomic E-state index is 0.0000418. The third-order valence-corrected chi connectivity index (χ3v) is 1.76. The lowest BCUT2D eigenvalue weighted by Gasteiger charge is -1.94. The molecule has 3 heteroatoms. The van der Waals surface area contributed by atoms with Crippen LogP contribution in [0.4, 0.5) is 0 Å². The first-order valence-electron chi connectivity index (χ1n) is 4.41. The number of hydrogen-bond acceptors (Lipinski definition) is 2. The molecular weight excluding hydrogens is 192 g/mol. The Morgan fingerprint density at radius 1 is 1.27 bits per heavy atom. The van der Waals surface area contributed by atoms with E-state index in [4.69, 9.17) is 5.11 Å². The molecule has 0 spiro atoms. The van der Waals surface area contributed by atoms with E-state index in [2.05, 4.69) is 11.8 Å². The van der Waals surface area contributed by atoms with Crippen molar-refractivity contribution < 1.29 is 14.7 Å². The molecule has 76 valence electrons. The Bertz CT molecular complexity index is 432. The summed E-state index contributed by atoms with van der Waals surface area (Å²) in [5.41, 5.74) is 1.33. The molecule has 15 heavy (non-hydrogen) atoms. The molecule has 0 radical (unpaired) electrons. The second-order valence-corrected chi connectivity index (χ2v) is 3.01. The molecule has 0 aromatic heterocycles. The predicted octanol–water partition coefficient (Wildman–Crippen LogP) is 1.72. The van der Waals surface area contributed by atoms with Crippen molar-refractivity contribution in [2.75, 3.05) is 0 Å². The third kappa shape index (κ3) is 3.65. The van der Waals surface area contributed by atoms with Gasteiger partial charge in [0.25, 0.3) is 0 Å². The minimum Gasteiger partial charge on any atom is -0.481 e. The van der Waals surface area contributed by atoms with Crippen LogP contribution in [-0.2, 0) is 4.79 Å². The third-order valence-electron chi connectivity index (χ3n) is 1.76. The monoisotopic (exact) mass is 202 g/mol. The number of carboxylic acids is 1. The number of ketones is 1. The Labute approximate surface area is 87.7 Å². The number of carboxylic acid groups (broad SMARTS) is 1. The van der Waals surface area contributed by atoms with Gasteiger partial charge in [0.05, 0.1) is 0 Å². The molecule has 1 aromatic rings. The number of Topliss-reactive ketones (excluding diaryl/α,β-unsaturated/α-hetero) is 1. The molecule has 3 nitrogen and oxygen atoms in total. The van der Waals surface area contributed by atoms with E-state index >= 15 is 0 Å². The van der Waals surface area contributed by atoms with Crippen molar-refractivity contribution in [3.8, 4) is 11.8 Å². The maximum atomic E-state index is 10.9. The molecule has 0 fully saturated rings. The van der Waals surface area contributed by atoms with Gasteiger partial charge in [-0.3, -0.25) is 9.59 Å². The van der Waals surface area contributed by atoms with Gasteiger partial charge in [-0.05, 0) is 19.1 Å². The summed E-state index contributed by atoms with van der Waals surface area (Å²) < 4.78 is 0. The van der Waals surface area contributed by atoms with Crippen LogP contribution in [0.25, 0.3) is 0 Å². The zero-order valence-electron chi connectivity index (χ0n) is 8.28. The maximum absolute atomic E-state index is 10.9. The largest absolute Gasteiger partial charge is 0.481 e. The second-order valence-electron chi connectivity index (χ2n) is 3.01. The van der Waals surface area contributed by atoms with Gasteiger partial charge in [-0.25, -0.2) is 0 Å². The van der Waals surface area contributed by atoms with Crippen LogP contribution in [0.3, 0.4) is 0 Å². The molecule has 1 N–H and O–H groups in total. The minimum atomic E-state index is -0.942. The SMILES string of the molecule is CC(=O)c1ccc(C#CCC(=O)O)cc1. The number of benzene rings is 1. The fraction of sp³-hybridized carbons (Fsp3) is 0.167. The smallest absolute Gasteiger partial charge is 0.315 e. The van der Waals surface area contributed by atoms with E-state index in [9.17, 15) is 9.59 Å². The zero-order valence-corrected chi connectivity index (χ0v) is 8.28. The topological polar surface area (TPSA) is 54.4 Å². The lowest BCUT2D eigenvalue weighted by atomic mass is 10.1. The average Bonchev–Trinajstić information content (AvgIpc) is 2.18. The van der Waals surface area contributed by atoms with Gasteiger partial charge < -0.3 is 5.11 Å². The van der Waals surface area contributed by atoms with Crippen LogP contribution in [0.1, 0.15) is 29.3 Å². The summed E-state index contributed by atoms with van der Waals surface area (Å²) in [6.07, 6.45) is -0.172. The number of carbonyl (C=O) groups excluding carboxylic acids is 1. The number of hydrogen-bond donors (Lipinski definition) is 1. The number of rotatable bonds is 2. The first-order valence-corrected chi connectivity index (χ1v) is 4.41. The van der Waals surface area contributed by atoms with Crippen LogP contribution in [0.15, 0.2) is 24.3 Å². The van der Waals surface area contributed by atoms with Crippen LogP contribution < -0.4 is 0 Å². The number of carbonyl (C=O) groups is 2. The lowest BCUT2D eigenvalue weighted by molar-refractivity contribution is -0.135. The second kappa shape index (κ2) is 4.97. The van der Waals surface area contributed by atoms with Crippen molar-refractivity contribution in [1.29, 1.82) is 0 Å². The first-order chi connectivity index (χ1) is 7.09. The highest BCUT2D eigenvalue weighted by molar-refractivity contribution is 5.94. The van der Waals surface area contributed by atoms with Crippen molar-refractivity contribution in [2.24, 2.45) is 0 Å². The van der Waals surface area contributed by atoms with Gasteiger partial charge in [-0.2, -0.15) is 0 Å². The molecule has 0 saturated carbocycles. The van der Waals surface area contributed by atoms with Crippen molar-refractivity contribution in [2.45, 2.75) is 13.3 Å². The van der Waals surface area contributed by atoms with E-state index in [1.807, 2.05) is 0 Å². The fourth-order valence-electron chi connectivity index (χ4n) is 1.01. The molecule has 0 atom stereocenters. The predicted molar refractivity (Wildman–Crippen MR) is 55.6 cm³/mol. The van der Waals surface area contributed by atoms with Gasteiger partial charge in [0.1, 0.15) is 6.42 Å².